The molecule has 2 rings (SSSR count). The number of thiophene rings is 1. The van der Waals surface area contributed by atoms with E-state index >= 15 is 0 Å². The molecule has 0 aliphatic rings. The monoisotopic (exact) mass is 350 g/mol. The second-order valence-electron chi connectivity index (χ2n) is 4.95. The van der Waals surface area contributed by atoms with E-state index in [-0.39, 0.29) is 18.0 Å². The van der Waals surface area contributed by atoms with Gasteiger partial charge in [0.1, 0.15) is 11.6 Å². The largest absolute Gasteiger partial charge is 0.343 e. The average molecular weight is 350 g/mol. The summed E-state index contributed by atoms with van der Waals surface area (Å²) in [5.41, 5.74) is -0.308. The van der Waals surface area contributed by atoms with Crippen LogP contribution in [0.2, 0.25) is 0 Å². The molecule has 7 heteroatoms. The number of nitrogens with one attached hydrogen (secondary N) is 1. The molecule has 0 fully saturated rings. The van der Waals surface area contributed by atoms with Crippen LogP contribution in [-0.4, -0.2) is 29.8 Å². The third-order valence-electron chi connectivity index (χ3n) is 3.20. The first-order valence-corrected chi connectivity index (χ1v) is 8.03. The molecule has 2 amide bonds. The number of carbonyl (C=O) groups excluding carboxylic acids is 2. The van der Waals surface area contributed by atoms with Crippen LogP contribution in [-0.2, 0) is 11.3 Å². The van der Waals surface area contributed by atoms with E-state index < -0.39 is 17.5 Å². The van der Waals surface area contributed by atoms with Crippen LogP contribution in [0.25, 0.3) is 0 Å². The van der Waals surface area contributed by atoms with Crippen LogP contribution < -0.4 is 5.32 Å². The molecular weight excluding hydrogens is 334 g/mol. The summed E-state index contributed by atoms with van der Waals surface area (Å²) in [5.74, 6) is -2.83. The first kappa shape index (κ1) is 17.8. The third kappa shape index (κ3) is 4.73. The second kappa shape index (κ2) is 8.35. The maximum absolute atomic E-state index is 13.5. The topological polar surface area (TPSA) is 49.4 Å². The molecule has 0 saturated heterocycles. The highest BCUT2D eigenvalue weighted by molar-refractivity contribution is 7.09. The van der Waals surface area contributed by atoms with E-state index in [9.17, 15) is 18.4 Å². The Labute approximate surface area is 142 Å². The zero-order valence-corrected chi connectivity index (χ0v) is 13.6. The fraction of sp³-hybridized carbons (Fsp3) is 0.176. The van der Waals surface area contributed by atoms with Crippen molar-refractivity contribution in [3.63, 3.8) is 0 Å². The van der Waals surface area contributed by atoms with E-state index in [1.54, 1.807) is 6.08 Å². The van der Waals surface area contributed by atoms with Crippen LogP contribution >= 0.6 is 11.3 Å². The highest BCUT2D eigenvalue weighted by Crippen LogP contribution is 2.12. The van der Waals surface area contributed by atoms with Crippen molar-refractivity contribution >= 4 is 23.2 Å². The molecule has 126 valence electrons. The van der Waals surface area contributed by atoms with Crippen LogP contribution in [0.15, 0.2) is 48.4 Å². The Morgan fingerprint density at radius 1 is 1.29 bits per heavy atom. The molecule has 0 unspecified atom stereocenters. The van der Waals surface area contributed by atoms with Gasteiger partial charge in [0, 0.05) is 17.5 Å². The van der Waals surface area contributed by atoms with Crippen LogP contribution in [0.1, 0.15) is 15.2 Å². The van der Waals surface area contributed by atoms with E-state index in [0.717, 1.165) is 17.0 Å². The maximum atomic E-state index is 13.5. The minimum Gasteiger partial charge on any atom is -0.343 e. The Kier molecular flexibility index (Phi) is 6.20. The van der Waals surface area contributed by atoms with Gasteiger partial charge in [0.25, 0.3) is 5.91 Å². The smallest absolute Gasteiger partial charge is 0.254 e. The van der Waals surface area contributed by atoms with Gasteiger partial charge in [0.05, 0.1) is 18.7 Å². The van der Waals surface area contributed by atoms with E-state index in [4.69, 9.17) is 0 Å². The van der Waals surface area contributed by atoms with E-state index in [1.165, 1.54) is 16.2 Å². The van der Waals surface area contributed by atoms with Crippen molar-refractivity contribution in [1.29, 1.82) is 0 Å². The molecule has 0 aliphatic carbocycles. The second-order valence-corrected chi connectivity index (χ2v) is 5.98. The van der Waals surface area contributed by atoms with E-state index in [2.05, 4.69) is 11.9 Å². The summed E-state index contributed by atoms with van der Waals surface area (Å²) in [7, 11) is 0. The minimum atomic E-state index is -0.971. The molecule has 1 aromatic carbocycles. The third-order valence-corrected chi connectivity index (χ3v) is 4.07. The minimum absolute atomic E-state index is 0.283. The first-order valence-electron chi connectivity index (χ1n) is 7.15. The lowest BCUT2D eigenvalue weighted by molar-refractivity contribution is -0.130. The molecule has 1 N–H and O–H groups in total. The summed E-state index contributed by atoms with van der Waals surface area (Å²) in [6, 6.07) is 6.44. The molecule has 0 radical (unpaired) electrons. The molecule has 24 heavy (non-hydrogen) atoms. The summed E-state index contributed by atoms with van der Waals surface area (Å²) in [6.45, 7) is 4.07. The molecule has 0 spiro atoms. The number of benzene rings is 1. The number of hydrogen-bond donors (Lipinski definition) is 1. The van der Waals surface area contributed by atoms with Crippen molar-refractivity contribution in [3.8, 4) is 0 Å². The van der Waals surface area contributed by atoms with Gasteiger partial charge in [-0.25, -0.2) is 8.78 Å². The first-order chi connectivity index (χ1) is 11.5. The number of amides is 2. The highest BCUT2D eigenvalue weighted by Gasteiger charge is 2.17. The Hall–Kier alpha value is -2.54. The highest BCUT2D eigenvalue weighted by atomic mass is 32.1. The van der Waals surface area contributed by atoms with Crippen molar-refractivity contribution in [3.05, 3.63) is 70.4 Å². The quantitative estimate of drug-likeness (QED) is 0.781. The van der Waals surface area contributed by atoms with Gasteiger partial charge in [-0.15, -0.1) is 17.9 Å². The van der Waals surface area contributed by atoms with Gasteiger partial charge >= 0.3 is 0 Å². The fourth-order valence-corrected chi connectivity index (χ4v) is 2.76. The van der Waals surface area contributed by atoms with Gasteiger partial charge in [-0.2, -0.15) is 0 Å². The van der Waals surface area contributed by atoms with Crippen LogP contribution in [0, 0.1) is 11.6 Å². The molecule has 0 saturated carbocycles. The number of rotatable bonds is 7. The summed E-state index contributed by atoms with van der Waals surface area (Å²) < 4.78 is 26.4. The predicted octanol–water partition coefficient (Wildman–Crippen LogP) is 2.97. The van der Waals surface area contributed by atoms with Gasteiger partial charge in [-0.05, 0) is 23.6 Å². The number of carbonyl (C=O) groups is 2. The van der Waals surface area contributed by atoms with Gasteiger partial charge in [0.15, 0.2) is 0 Å². The Bertz CT molecular complexity index is 732. The summed E-state index contributed by atoms with van der Waals surface area (Å²) >= 11 is 1.52. The molecular formula is C17H16F2N2O2S. The lowest BCUT2D eigenvalue weighted by Crippen LogP contribution is -2.40. The van der Waals surface area contributed by atoms with Gasteiger partial charge in [0.2, 0.25) is 5.91 Å². The Morgan fingerprint density at radius 2 is 2.08 bits per heavy atom. The van der Waals surface area contributed by atoms with Gasteiger partial charge in [-0.3, -0.25) is 9.59 Å². The lowest BCUT2D eigenvalue weighted by Gasteiger charge is -2.20. The molecule has 0 bridgehead atoms. The Balaban J connectivity index is 1.96. The van der Waals surface area contributed by atoms with E-state index in [1.807, 2.05) is 17.5 Å². The van der Waals surface area contributed by atoms with Crippen molar-refractivity contribution in [2.45, 2.75) is 6.54 Å². The van der Waals surface area contributed by atoms with Crippen molar-refractivity contribution in [1.82, 2.24) is 10.2 Å². The van der Waals surface area contributed by atoms with Crippen molar-refractivity contribution in [2.75, 3.05) is 13.1 Å². The normalized spacial score (nSPS) is 10.2. The van der Waals surface area contributed by atoms with Crippen LogP contribution in [0.4, 0.5) is 8.78 Å². The predicted molar refractivity (Wildman–Crippen MR) is 88.6 cm³/mol. The number of halogens is 2. The molecule has 2 aromatic rings. The summed E-state index contributed by atoms with van der Waals surface area (Å²) in [5, 5.41) is 4.26. The average Bonchev–Trinajstić information content (AvgIpc) is 3.05. The van der Waals surface area contributed by atoms with Crippen molar-refractivity contribution < 1.29 is 18.4 Å². The van der Waals surface area contributed by atoms with Crippen LogP contribution in [0.3, 0.4) is 0 Å². The lowest BCUT2D eigenvalue weighted by atomic mass is 10.2. The maximum Gasteiger partial charge on any atom is 0.254 e. The zero-order chi connectivity index (χ0) is 17.5. The Morgan fingerprint density at radius 3 is 2.71 bits per heavy atom. The van der Waals surface area contributed by atoms with Crippen molar-refractivity contribution in [2.24, 2.45) is 0 Å². The zero-order valence-electron chi connectivity index (χ0n) is 12.8. The van der Waals surface area contributed by atoms with Gasteiger partial charge in [-0.1, -0.05) is 12.1 Å². The molecule has 4 nitrogen and oxygen atoms in total. The number of nitrogens with zero attached hydrogens (tertiary/aromatic N) is 1. The molecule has 1 heterocycles. The standard InChI is InChI=1S/C17H16F2N2O2S/c1-2-7-21(11-13-4-3-8-24-13)16(22)10-20-17(23)14-6-5-12(18)9-15(14)19/h2-6,8-9H,1,7,10-11H2,(H,20,23). The van der Waals surface area contributed by atoms with Gasteiger partial charge < -0.3 is 10.2 Å². The fourth-order valence-electron chi connectivity index (χ4n) is 2.04. The summed E-state index contributed by atoms with van der Waals surface area (Å²) in [4.78, 5) is 26.7. The molecule has 0 atom stereocenters. The number of hydrogen-bond acceptors (Lipinski definition) is 3. The van der Waals surface area contributed by atoms with Crippen LogP contribution in [0.5, 0.6) is 0 Å². The van der Waals surface area contributed by atoms with E-state index in [0.29, 0.717) is 19.2 Å². The molecule has 0 aliphatic heterocycles. The molecule has 1 aromatic heterocycles. The SMILES string of the molecule is C=CCN(Cc1cccs1)C(=O)CNC(=O)c1ccc(F)cc1F. The summed E-state index contributed by atoms with van der Waals surface area (Å²) in [6.07, 6.45) is 1.59.